The maximum atomic E-state index is 13.6. The van der Waals surface area contributed by atoms with Gasteiger partial charge in [0.15, 0.2) is 0 Å². The molecule has 0 saturated heterocycles. The van der Waals surface area contributed by atoms with Gasteiger partial charge in [-0.3, -0.25) is 9.59 Å². The summed E-state index contributed by atoms with van der Waals surface area (Å²) in [4.78, 5) is 31.2. The number of carbonyl (C=O) groups is 2. The van der Waals surface area contributed by atoms with E-state index >= 15 is 0 Å². The van der Waals surface area contributed by atoms with Gasteiger partial charge in [-0.1, -0.05) is 40.2 Å². The monoisotopic (exact) mass is 474 g/mol. The zero-order valence-electron chi connectivity index (χ0n) is 20.1. The van der Waals surface area contributed by atoms with Crippen molar-refractivity contribution in [2.24, 2.45) is 11.8 Å². The third kappa shape index (κ3) is 6.79. The van der Waals surface area contributed by atoms with Crippen molar-refractivity contribution in [1.82, 2.24) is 9.80 Å². The Morgan fingerprint density at radius 1 is 1.27 bits per heavy atom. The summed E-state index contributed by atoms with van der Waals surface area (Å²) in [7, 11) is 0. The second kappa shape index (κ2) is 11.6. The van der Waals surface area contributed by atoms with E-state index < -0.39 is 0 Å². The molecule has 33 heavy (non-hydrogen) atoms. The molecular weight excluding hydrogens is 439 g/mol. The molecule has 0 spiro atoms. The van der Waals surface area contributed by atoms with Gasteiger partial charge in [-0.25, -0.2) is 4.39 Å². The molecule has 7 heteroatoms. The van der Waals surface area contributed by atoms with Crippen LogP contribution in [0, 0.1) is 17.7 Å². The topological polar surface area (TPSA) is 49.9 Å². The highest BCUT2D eigenvalue weighted by molar-refractivity contribution is 7.10. The minimum Gasteiger partial charge on any atom is -0.491 e. The van der Waals surface area contributed by atoms with Crippen LogP contribution < -0.4 is 4.74 Å². The maximum absolute atomic E-state index is 13.6. The Morgan fingerprint density at radius 3 is 2.76 bits per heavy atom. The molecule has 0 unspecified atom stereocenters. The van der Waals surface area contributed by atoms with Gasteiger partial charge in [0.05, 0.1) is 12.6 Å². The van der Waals surface area contributed by atoms with Crippen molar-refractivity contribution in [3.8, 4) is 5.75 Å². The summed E-state index contributed by atoms with van der Waals surface area (Å²) in [5, 5.41) is 2.04. The normalized spacial score (nSPS) is 16.4. The number of halogens is 1. The van der Waals surface area contributed by atoms with E-state index in [0.717, 1.165) is 18.4 Å². The number of carbonyl (C=O) groups excluding carboxylic acids is 2. The van der Waals surface area contributed by atoms with Gasteiger partial charge in [0.1, 0.15) is 18.2 Å². The number of nitrogens with zero attached hydrogens (tertiary/aromatic N) is 2. The third-order valence-corrected chi connectivity index (χ3v) is 7.11. The number of benzene rings is 1. The van der Waals surface area contributed by atoms with Crippen LogP contribution in [0.15, 0.2) is 35.7 Å². The molecule has 0 N–H and O–H groups in total. The van der Waals surface area contributed by atoms with E-state index in [1.807, 2.05) is 30.2 Å². The second-order valence-electron chi connectivity index (χ2n) is 9.31. The first-order chi connectivity index (χ1) is 15.8. The molecular formula is C26H35FN2O3S. The number of thiophene rings is 1. The molecule has 0 bridgehead atoms. The average Bonchev–Trinajstić information content (AvgIpc) is 3.25. The molecule has 2 atom stereocenters. The predicted octanol–water partition coefficient (Wildman–Crippen LogP) is 5.31. The molecule has 5 nitrogen and oxygen atoms in total. The van der Waals surface area contributed by atoms with Gasteiger partial charge < -0.3 is 14.5 Å². The Bertz CT molecular complexity index is 945. The first kappa shape index (κ1) is 25.2. The summed E-state index contributed by atoms with van der Waals surface area (Å²) >= 11 is 1.69. The van der Waals surface area contributed by atoms with Gasteiger partial charge in [0, 0.05) is 30.5 Å². The minimum absolute atomic E-state index is 0.0273. The van der Waals surface area contributed by atoms with Crippen molar-refractivity contribution in [2.45, 2.75) is 53.0 Å². The first-order valence-corrected chi connectivity index (χ1v) is 12.7. The Balaban J connectivity index is 1.77. The van der Waals surface area contributed by atoms with Gasteiger partial charge >= 0.3 is 0 Å². The molecule has 2 amide bonds. The Hall–Kier alpha value is -2.41. The second-order valence-corrected chi connectivity index (χ2v) is 10.3. The highest BCUT2D eigenvalue weighted by Crippen LogP contribution is 2.34. The summed E-state index contributed by atoms with van der Waals surface area (Å²) in [5.74, 6) is 0.605. The highest BCUT2D eigenvalue weighted by atomic mass is 32.1. The molecule has 1 aromatic carbocycles. The third-order valence-electron chi connectivity index (χ3n) is 6.11. The molecule has 0 saturated carbocycles. The van der Waals surface area contributed by atoms with E-state index in [2.05, 4.69) is 13.8 Å². The zero-order chi connectivity index (χ0) is 24.0. The van der Waals surface area contributed by atoms with Gasteiger partial charge in [0.2, 0.25) is 11.8 Å². The zero-order valence-corrected chi connectivity index (χ0v) is 20.9. The molecule has 2 heterocycles. The number of fused-ring (bicyclic) bond motifs is 1. The quantitative estimate of drug-likeness (QED) is 0.469. The Kier molecular flexibility index (Phi) is 8.89. The van der Waals surface area contributed by atoms with E-state index in [1.54, 1.807) is 28.4 Å². The van der Waals surface area contributed by atoms with E-state index in [0.29, 0.717) is 31.2 Å². The van der Waals surface area contributed by atoms with Gasteiger partial charge in [-0.15, -0.1) is 11.3 Å². The van der Waals surface area contributed by atoms with Crippen LogP contribution in [-0.4, -0.2) is 47.9 Å². The van der Waals surface area contributed by atoms with Crippen LogP contribution in [0.4, 0.5) is 4.39 Å². The molecule has 0 radical (unpaired) electrons. The van der Waals surface area contributed by atoms with E-state index in [1.165, 1.54) is 17.0 Å². The largest absolute Gasteiger partial charge is 0.491 e. The number of hydrogen-bond donors (Lipinski definition) is 0. The lowest BCUT2D eigenvalue weighted by Gasteiger charge is -2.37. The van der Waals surface area contributed by atoms with Crippen LogP contribution in [0.5, 0.6) is 5.75 Å². The summed E-state index contributed by atoms with van der Waals surface area (Å²) in [6.07, 6.45) is 2.18. The highest BCUT2D eigenvalue weighted by Gasteiger charge is 2.33. The minimum atomic E-state index is -0.357. The van der Waals surface area contributed by atoms with Crippen molar-refractivity contribution < 1.29 is 18.7 Å². The lowest BCUT2D eigenvalue weighted by molar-refractivity contribution is -0.143. The molecule has 1 aliphatic rings. The smallest absolute Gasteiger partial charge is 0.242 e. The fraction of sp³-hybridized carbons (Fsp3) is 0.538. The Morgan fingerprint density at radius 2 is 2.06 bits per heavy atom. The molecule has 180 valence electrons. The maximum Gasteiger partial charge on any atom is 0.242 e. The summed E-state index contributed by atoms with van der Waals surface area (Å²) < 4.78 is 19.5. The van der Waals surface area contributed by atoms with Crippen LogP contribution >= 0.6 is 11.3 Å². The lowest BCUT2D eigenvalue weighted by Crippen LogP contribution is -2.48. The average molecular weight is 475 g/mol. The van der Waals surface area contributed by atoms with Crippen molar-refractivity contribution in [2.75, 3.05) is 26.2 Å². The number of ether oxygens (including phenoxy) is 1. The number of amides is 2. The number of rotatable bonds is 10. The molecule has 3 rings (SSSR count). The molecule has 1 aliphatic heterocycles. The van der Waals surface area contributed by atoms with E-state index in [-0.39, 0.29) is 42.7 Å². The predicted molar refractivity (Wildman–Crippen MR) is 130 cm³/mol. The Labute approximate surface area is 200 Å². The van der Waals surface area contributed by atoms with Crippen molar-refractivity contribution >= 4 is 23.2 Å². The molecule has 1 aromatic heterocycles. The SMILES string of the molecule is CC[C@H](C)CN(CC(=O)N1CCc2sccc2[C@H]1COc1cccc(F)c1)C(=O)CC(C)C. The van der Waals surface area contributed by atoms with Gasteiger partial charge in [0.25, 0.3) is 0 Å². The van der Waals surface area contributed by atoms with Crippen LogP contribution in [-0.2, 0) is 16.0 Å². The fourth-order valence-electron chi connectivity index (χ4n) is 4.10. The lowest BCUT2D eigenvalue weighted by atomic mass is 10.00. The van der Waals surface area contributed by atoms with Crippen molar-refractivity contribution in [1.29, 1.82) is 0 Å². The molecule has 0 fully saturated rings. The van der Waals surface area contributed by atoms with E-state index in [4.69, 9.17) is 4.74 Å². The number of hydrogen-bond acceptors (Lipinski definition) is 4. The van der Waals surface area contributed by atoms with Crippen LogP contribution in [0.1, 0.15) is 57.0 Å². The van der Waals surface area contributed by atoms with Gasteiger partial charge in [-0.05, 0) is 47.4 Å². The molecule has 0 aliphatic carbocycles. The summed E-state index contributed by atoms with van der Waals surface area (Å²) in [6, 6.07) is 7.83. The standard InChI is InChI=1S/C26H35FN2O3S/c1-5-19(4)15-28(25(30)13-18(2)3)16-26(31)29-11-9-24-22(10-12-33-24)23(29)17-32-21-8-6-7-20(27)14-21/h6-8,10,12,14,18-19,23H,5,9,11,13,15-17H2,1-4H3/t19-,23+/m0/s1. The van der Waals surface area contributed by atoms with Crippen LogP contribution in [0.25, 0.3) is 0 Å². The summed E-state index contributed by atoms with van der Waals surface area (Å²) in [5.41, 5.74) is 1.08. The van der Waals surface area contributed by atoms with Crippen LogP contribution in [0.2, 0.25) is 0 Å². The van der Waals surface area contributed by atoms with E-state index in [9.17, 15) is 14.0 Å². The first-order valence-electron chi connectivity index (χ1n) is 11.8. The summed E-state index contributed by atoms with van der Waals surface area (Å²) in [6.45, 7) is 9.71. The van der Waals surface area contributed by atoms with Crippen molar-refractivity contribution in [3.63, 3.8) is 0 Å². The molecule has 2 aromatic rings. The van der Waals surface area contributed by atoms with Crippen molar-refractivity contribution in [3.05, 3.63) is 52.0 Å². The fourth-order valence-corrected chi connectivity index (χ4v) is 5.03. The van der Waals surface area contributed by atoms with Gasteiger partial charge in [-0.2, -0.15) is 0 Å². The van der Waals surface area contributed by atoms with Crippen LogP contribution in [0.3, 0.4) is 0 Å².